The van der Waals surface area contributed by atoms with Crippen molar-refractivity contribution in [3.05, 3.63) is 45.7 Å². The second kappa shape index (κ2) is 11.0. The van der Waals surface area contributed by atoms with Crippen LogP contribution in [0.5, 0.6) is 5.75 Å². The van der Waals surface area contributed by atoms with E-state index in [-0.39, 0.29) is 36.7 Å². The van der Waals surface area contributed by atoms with Crippen LogP contribution in [0.3, 0.4) is 0 Å². The van der Waals surface area contributed by atoms with Gasteiger partial charge in [0.05, 0.1) is 24.4 Å². The Kier molecular flexibility index (Phi) is 7.84. The number of nitrogens with one attached hydrogen (secondary N) is 1. The highest BCUT2D eigenvalue weighted by Gasteiger charge is 2.63. The number of allylic oxidation sites excluding steroid dienone is 1. The van der Waals surface area contributed by atoms with Crippen molar-refractivity contribution in [2.75, 3.05) is 33.1 Å². The van der Waals surface area contributed by atoms with Crippen LogP contribution in [0.4, 0.5) is 10.1 Å². The Balaban J connectivity index is 1.53. The van der Waals surface area contributed by atoms with Gasteiger partial charge in [-0.1, -0.05) is 12.8 Å². The van der Waals surface area contributed by atoms with E-state index < -0.39 is 86.7 Å². The molecule has 13 nitrogen and oxygen atoms in total. The third-order valence-corrected chi connectivity index (χ3v) is 9.21. The van der Waals surface area contributed by atoms with E-state index in [0.717, 1.165) is 31.7 Å². The Bertz CT molecular complexity index is 1480. The highest BCUT2D eigenvalue weighted by Crippen LogP contribution is 2.53. The lowest BCUT2D eigenvalue weighted by Crippen LogP contribution is -2.63. The summed E-state index contributed by atoms with van der Waals surface area (Å²) < 4.78 is 15.5. The highest BCUT2D eigenvalue weighted by molar-refractivity contribution is 6.25. The molecule has 1 aromatic rings. The van der Waals surface area contributed by atoms with Gasteiger partial charge in [0.25, 0.3) is 5.91 Å². The quantitative estimate of drug-likeness (QED) is 0.148. The SMILES string of the molecule is CON(CC(=O)Nc1cc(F)c2c(c1O)C(=O)C1=C(O)[C@]3(O)C(=O)C(C(N)=O)=C(O)[C@@H](N(C)C)[C@@H]3C[C@@H]1C2)C1CCCC1. The van der Waals surface area contributed by atoms with Crippen LogP contribution in [-0.4, -0.2) is 99.2 Å². The minimum absolute atomic E-state index is 0.0281. The number of Topliss-reactive ketones (excluding diaryl/α,β-unsaturated/α-hetero) is 2. The lowest BCUT2D eigenvalue weighted by Gasteiger charge is -2.50. The number of amides is 2. The maximum atomic E-state index is 15.5. The third-order valence-electron chi connectivity index (χ3n) is 9.21. The molecule has 4 aliphatic rings. The first kappa shape index (κ1) is 30.6. The maximum absolute atomic E-state index is 15.5. The molecular weight excluding hydrogens is 567 g/mol. The number of hydrogen-bond donors (Lipinski definition) is 6. The van der Waals surface area contributed by atoms with Gasteiger partial charge in [-0.05, 0) is 45.7 Å². The standard InChI is InChI=1S/C29H35FN4O9/c1-33(2)22-15-9-12-8-14-16(30)10-17(32-18(35)11-34(43-3)13-6-4-5-7-13)23(36)20(14)24(37)19(12)26(39)29(15,42)27(40)21(25(22)38)28(31)41/h10,12-13,15,22,36,38-39,42H,4-9,11H2,1-3H3,(H2,31,41)(H,32,35)/t12-,15-,22-,29-/m0/s1. The van der Waals surface area contributed by atoms with Gasteiger partial charge in [-0.2, -0.15) is 5.06 Å². The summed E-state index contributed by atoms with van der Waals surface area (Å²) in [7, 11) is 4.46. The molecule has 43 heavy (non-hydrogen) atoms. The first-order chi connectivity index (χ1) is 20.2. The molecule has 7 N–H and O–H groups in total. The van der Waals surface area contributed by atoms with Gasteiger partial charge in [-0.3, -0.25) is 24.1 Å². The number of primary amides is 1. The molecule has 4 atom stereocenters. The molecule has 1 fully saturated rings. The predicted octanol–water partition coefficient (Wildman–Crippen LogP) is 1.00. The van der Waals surface area contributed by atoms with Crippen molar-refractivity contribution < 1.29 is 48.8 Å². The van der Waals surface area contributed by atoms with Crippen molar-refractivity contribution in [1.29, 1.82) is 0 Å². The van der Waals surface area contributed by atoms with Crippen LogP contribution < -0.4 is 11.1 Å². The molecule has 4 aliphatic carbocycles. The minimum Gasteiger partial charge on any atom is -0.510 e. The zero-order chi connectivity index (χ0) is 31.5. The van der Waals surface area contributed by atoms with Gasteiger partial charge in [-0.25, -0.2) is 4.39 Å². The molecular formula is C29H35FN4O9. The zero-order valence-corrected chi connectivity index (χ0v) is 24.0. The number of aliphatic hydroxyl groups is 3. The normalized spacial score (nSPS) is 27.5. The van der Waals surface area contributed by atoms with Gasteiger partial charge < -0.3 is 36.3 Å². The van der Waals surface area contributed by atoms with E-state index in [9.17, 15) is 39.6 Å². The molecule has 0 aromatic heterocycles. The van der Waals surface area contributed by atoms with E-state index in [2.05, 4.69) is 5.32 Å². The summed E-state index contributed by atoms with van der Waals surface area (Å²) in [6.45, 7) is -0.215. The fourth-order valence-corrected chi connectivity index (χ4v) is 7.23. The number of fused-ring (bicyclic) bond motifs is 3. The number of phenols is 1. The van der Waals surface area contributed by atoms with Crippen molar-refractivity contribution in [1.82, 2.24) is 9.96 Å². The van der Waals surface area contributed by atoms with E-state index >= 15 is 4.39 Å². The number of aromatic hydroxyl groups is 1. The summed E-state index contributed by atoms with van der Waals surface area (Å²) in [5.41, 5.74) is 0.0947. The first-order valence-electron chi connectivity index (χ1n) is 14.0. The average molecular weight is 603 g/mol. The van der Waals surface area contributed by atoms with Crippen molar-refractivity contribution in [3.63, 3.8) is 0 Å². The second-order valence-corrected chi connectivity index (χ2v) is 11.8. The first-order valence-corrected chi connectivity index (χ1v) is 14.0. The van der Waals surface area contributed by atoms with E-state index in [1.165, 1.54) is 31.2 Å². The molecule has 0 saturated heterocycles. The lowest BCUT2D eigenvalue weighted by atomic mass is 9.58. The largest absolute Gasteiger partial charge is 0.510 e. The minimum atomic E-state index is -2.81. The number of phenolic OH excluding ortho intramolecular Hbond substituents is 1. The number of likely N-dealkylation sites (N-methyl/N-ethyl adjacent to an activating group) is 1. The van der Waals surface area contributed by atoms with Crippen LogP contribution in [0.15, 0.2) is 28.7 Å². The van der Waals surface area contributed by atoms with Crippen LogP contribution in [-0.2, 0) is 25.6 Å². The predicted molar refractivity (Wildman–Crippen MR) is 148 cm³/mol. The monoisotopic (exact) mass is 602 g/mol. The number of hydroxylamine groups is 2. The fraction of sp³-hybridized carbons (Fsp3) is 0.517. The number of rotatable bonds is 7. The Morgan fingerprint density at radius 3 is 2.42 bits per heavy atom. The topological polar surface area (TPSA) is 203 Å². The van der Waals surface area contributed by atoms with E-state index in [1.807, 2.05) is 0 Å². The maximum Gasteiger partial charge on any atom is 0.255 e. The van der Waals surface area contributed by atoms with Gasteiger partial charge in [0.1, 0.15) is 29.5 Å². The number of benzene rings is 1. The van der Waals surface area contributed by atoms with Crippen molar-refractivity contribution in [3.8, 4) is 5.75 Å². The Morgan fingerprint density at radius 1 is 1.19 bits per heavy atom. The van der Waals surface area contributed by atoms with Gasteiger partial charge in [0.2, 0.25) is 11.7 Å². The Labute approximate surface area is 246 Å². The molecule has 0 heterocycles. The number of carbonyl (C=O) groups is 4. The van der Waals surface area contributed by atoms with Crippen LogP contribution in [0.25, 0.3) is 0 Å². The van der Waals surface area contributed by atoms with Crippen LogP contribution in [0, 0.1) is 17.7 Å². The van der Waals surface area contributed by atoms with Crippen LogP contribution in [0.2, 0.25) is 0 Å². The Hall–Kier alpha value is -3.85. The van der Waals surface area contributed by atoms with Gasteiger partial charge in [0, 0.05) is 29.2 Å². The molecule has 1 saturated carbocycles. The smallest absolute Gasteiger partial charge is 0.255 e. The molecule has 0 radical (unpaired) electrons. The molecule has 232 valence electrons. The fourth-order valence-electron chi connectivity index (χ4n) is 7.23. The molecule has 5 rings (SSSR count). The summed E-state index contributed by atoms with van der Waals surface area (Å²) >= 11 is 0. The Morgan fingerprint density at radius 2 is 1.84 bits per heavy atom. The molecule has 0 unspecified atom stereocenters. The van der Waals surface area contributed by atoms with Gasteiger partial charge in [0.15, 0.2) is 17.1 Å². The van der Waals surface area contributed by atoms with Gasteiger partial charge in [-0.15, -0.1) is 0 Å². The molecule has 2 amide bonds. The second-order valence-electron chi connectivity index (χ2n) is 11.8. The van der Waals surface area contributed by atoms with E-state index in [0.29, 0.717) is 0 Å². The average Bonchev–Trinajstić information content (AvgIpc) is 3.46. The summed E-state index contributed by atoms with van der Waals surface area (Å²) in [6.07, 6.45) is 3.30. The summed E-state index contributed by atoms with van der Waals surface area (Å²) in [5, 5.41) is 48.9. The molecule has 0 spiro atoms. The number of anilines is 1. The zero-order valence-electron chi connectivity index (χ0n) is 24.0. The van der Waals surface area contributed by atoms with E-state index in [4.69, 9.17) is 10.6 Å². The number of nitrogens with two attached hydrogens (primary N) is 1. The van der Waals surface area contributed by atoms with Crippen LogP contribution in [0.1, 0.15) is 48.0 Å². The third kappa shape index (κ3) is 4.69. The number of nitrogens with zero attached hydrogens (tertiary/aromatic N) is 2. The molecule has 14 heteroatoms. The van der Waals surface area contributed by atoms with Crippen molar-refractivity contribution in [2.45, 2.75) is 56.2 Å². The lowest BCUT2D eigenvalue weighted by molar-refractivity contribution is -0.166. The number of hydrogen-bond acceptors (Lipinski definition) is 11. The molecule has 1 aromatic carbocycles. The number of halogens is 1. The highest BCUT2D eigenvalue weighted by atomic mass is 19.1. The summed E-state index contributed by atoms with van der Waals surface area (Å²) in [6, 6.07) is -0.224. The van der Waals surface area contributed by atoms with Crippen LogP contribution >= 0.6 is 0 Å². The number of carbonyl (C=O) groups excluding carboxylic acids is 4. The summed E-state index contributed by atoms with van der Waals surface area (Å²) in [5.74, 6) is -9.92. The summed E-state index contributed by atoms with van der Waals surface area (Å²) in [4.78, 5) is 58.9. The van der Waals surface area contributed by atoms with E-state index in [1.54, 1.807) is 0 Å². The van der Waals surface area contributed by atoms with Crippen molar-refractivity contribution >= 4 is 29.1 Å². The molecule has 0 bridgehead atoms. The van der Waals surface area contributed by atoms with Gasteiger partial charge >= 0.3 is 0 Å². The number of ketones is 2. The molecule has 0 aliphatic heterocycles. The number of aliphatic hydroxyl groups excluding tert-OH is 2. The van der Waals surface area contributed by atoms with Crippen molar-refractivity contribution in [2.24, 2.45) is 17.6 Å².